The molecule has 1 amide bonds. The lowest BCUT2D eigenvalue weighted by Crippen LogP contribution is -2.13. The molecule has 2 aromatic rings. The summed E-state index contributed by atoms with van der Waals surface area (Å²) in [5.74, 6) is 0.121. The van der Waals surface area contributed by atoms with E-state index in [2.05, 4.69) is 24.1 Å². The highest BCUT2D eigenvalue weighted by Crippen LogP contribution is 2.18. The molecule has 0 aliphatic carbocycles. The minimum Gasteiger partial charge on any atom is -0.321 e. The topological polar surface area (TPSA) is 65.8 Å². The molecule has 1 heterocycles. The lowest BCUT2D eigenvalue weighted by molar-refractivity contribution is 0.102. The zero-order valence-corrected chi connectivity index (χ0v) is 11.4. The van der Waals surface area contributed by atoms with Gasteiger partial charge in [-0.3, -0.25) is 4.79 Å². The maximum Gasteiger partial charge on any atom is 0.274 e. The molecule has 0 aliphatic rings. The second-order valence-corrected chi connectivity index (χ2v) is 4.78. The second-order valence-electron chi connectivity index (χ2n) is 4.78. The minimum atomic E-state index is -0.282. The Morgan fingerprint density at radius 3 is 2.70 bits per heavy atom. The molecule has 0 aliphatic heterocycles. The summed E-state index contributed by atoms with van der Waals surface area (Å²) >= 11 is 0. The van der Waals surface area contributed by atoms with Crippen molar-refractivity contribution in [2.75, 3.05) is 5.32 Å². The predicted octanol–water partition coefficient (Wildman–Crippen LogP) is 3.33. The third kappa shape index (κ3) is 3.21. The molecular formula is C16H15N3O. The molecular weight excluding hydrogens is 250 g/mol. The van der Waals surface area contributed by atoms with E-state index in [1.807, 2.05) is 30.3 Å². The van der Waals surface area contributed by atoms with Crippen molar-refractivity contribution in [3.63, 3.8) is 0 Å². The number of nitrogens with zero attached hydrogens (tertiary/aromatic N) is 2. The highest BCUT2D eigenvalue weighted by molar-refractivity contribution is 6.02. The molecule has 0 fully saturated rings. The fraction of sp³-hybridized carbons (Fsp3) is 0.188. The maximum atomic E-state index is 12.0. The van der Waals surface area contributed by atoms with E-state index in [9.17, 15) is 4.79 Å². The SMILES string of the molecule is CC(C)c1cccc(NC(=O)c2ccc(C#N)cn2)c1. The van der Waals surface area contributed by atoms with Crippen LogP contribution in [-0.4, -0.2) is 10.9 Å². The van der Waals surface area contributed by atoms with Crippen molar-refractivity contribution in [2.24, 2.45) is 0 Å². The molecule has 4 nitrogen and oxygen atoms in total. The molecule has 1 aromatic carbocycles. The van der Waals surface area contributed by atoms with Gasteiger partial charge in [0.15, 0.2) is 0 Å². The van der Waals surface area contributed by atoms with Crippen LogP contribution in [0.3, 0.4) is 0 Å². The number of amides is 1. The lowest BCUT2D eigenvalue weighted by atomic mass is 10.0. The molecule has 20 heavy (non-hydrogen) atoms. The Labute approximate surface area is 118 Å². The first-order valence-electron chi connectivity index (χ1n) is 6.37. The number of aromatic nitrogens is 1. The summed E-state index contributed by atoms with van der Waals surface area (Å²) in [4.78, 5) is 16.0. The van der Waals surface area contributed by atoms with Crippen molar-refractivity contribution in [3.05, 3.63) is 59.4 Å². The van der Waals surface area contributed by atoms with E-state index in [0.717, 1.165) is 11.3 Å². The van der Waals surface area contributed by atoms with E-state index in [-0.39, 0.29) is 5.91 Å². The third-order valence-electron chi connectivity index (χ3n) is 2.94. The van der Waals surface area contributed by atoms with Gasteiger partial charge in [0, 0.05) is 11.9 Å². The molecule has 1 aromatic heterocycles. The maximum absolute atomic E-state index is 12.0. The lowest BCUT2D eigenvalue weighted by Gasteiger charge is -2.09. The Bertz CT molecular complexity index is 654. The molecule has 4 heteroatoms. The van der Waals surface area contributed by atoms with Crippen LogP contribution < -0.4 is 5.32 Å². The monoisotopic (exact) mass is 265 g/mol. The molecule has 0 saturated heterocycles. The van der Waals surface area contributed by atoms with Gasteiger partial charge in [-0.25, -0.2) is 4.98 Å². The van der Waals surface area contributed by atoms with Gasteiger partial charge in [-0.15, -0.1) is 0 Å². The summed E-state index contributed by atoms with van der Waals surface area (Å²) in [5, 5.41) is 11.5. The fourth-order valence-electron chi connectivity index (χ4n) is 1.76. The molecule has 0 radical (unpaired) electrons. The number of hydrogen-bond donors (Lipinski definition) is 1. The average molecular weight is 265 g/mol. The van der Waals surface area contributed by atoms with Crippen LogP contribution in [0.1, 0.15) is 41.4 Å². The number of benzene rings is 1. The van der Waals surface area contributed by atoms with Gasteiger partial charge in [0.05, 0.1) is 5.56 Å². The summed E-state index contributed by atoms with van der Waals surface area (Å²) in [5.41, 5.74) is 2.63. The van der Waals surface area contributed by atoms with Crippen LogP contribution >= 0.6 is 0 Å². The van der Waals surface area contributed by atoms with E-state index in [1.165, 1.54) is 6.20 Å². The van der Waals surface area contributed by atoms with Crippen LogP contribution in [0.5, 0.6) is 0 Å². The summed E-state index contributed by atoms with van der Waals surface area (Å²) in [6.07, 6.45) is 1.39. The van der Waals surface area contributed by atoms with Gasteiger partial charge < -0.3 is 5.32 Å². The molecule has 0 unspecified atom stereocenters. The van der Waals surface area contributed by atoms with Crippen LogP contribution in [0.25, 0.3) is 0 Å². The fourth-order valence-corrected chi connectivity index (χ4v) is 1.76. The Morgan fingerprint density at radius 1 is 1.30 bits per heavy atom. The summed E-state index contributed by atoms with van der Waals surface area (Å²) in [7, 11) is 0. The van der Waals surface area contributed by atoms with Crippen molar-refractivity contribution in [2.45, 2.75) is 19.8 Å². The molecule has 0 spiro atoms. The molecule has 0 bridgehead atoms. The summed E-state index contributed by atoms with van der Waals surface area (Å²) in [6.45, 7) is 4.20. The molecule has 2 rings (SSSR count). The number of carbonyl (C=O) groups excluding carboxylic acids is 1. The third-order valence-corrected chi connectivity index (χ3v) is 2.94. The number of anilines is 1. The number of carbonyl (C=O) groups is 1. The quantitative estimate of drug-likeness (QED) is 0.925. The Kier molecular flexibility index (Phi) is 4.11. The number of hydrogen-bond acceptors (Lipinski definition) is 3. The highest BCUT2D eigenvalue weighted by Gasteiger charge is 2.08. The van der Waals surface area contributed by atoms with E-state index >= 15 is 0 Å². The van der Waals surface area contributed by atoms with Crippen molar-refractivity contribution in [1.82, 2.24) is 4.98 Å². The Balaban J connectivity index is 2.15. The molecule has 0 atom stereocenters. The zero-order chi connectivity index (χ0) is 14.5. The number of nitrogens with one attached hydrogen (secondary N) is 1. The molecule has 100 valence electrons. The van der Waals surface area contributed by atoms with E-state index in [4.69, 9.17) is 5.26 Å². The van der Waals surface area contributed by atoms with Gasteiger partial charge in [0.2, 0.25) is 0 Å². The summed E-state index contributed by atoms with van der Waals surface area (Å²) < 4.78 is 0. The highest BCUT2D eigenvalue weighted by atomic mass is 16.1. The first-order chi connectivity index (χ1) is 9.60. The molecule has 1 N–H and O–H groups in total. The smallest absolute Gasteiger partial charge is 0.274 e. The molecule has 0 saturated carbocycles. The van der Waals surface area contributed by atoms with Gasteiger partial charge in [-0.1, -0.05) is 26.0 Å². The average Bonchev–Trinajstić information content (AvgIpc) is 2.47. The summed E-state index contributed by atoms with van der Waals surface area (Å²) in [6, 6.07) is 12.8. The Morgan fingerprint density at radius 2 is 2.10 bits per heavy atom. The van der Waals surface area contributed by atoms with Crippen LogP contribution in [0, 0.1) is 11.3 Å². The van der Waals surface area contributed by atoms with E-state index < -0.39 is 0 Å². The van der Waals surface area contributed by atoms with Gasteiger partial charge in [0.1, 0.15) is 11.8 Å². The normalized spacial score (nSPS) is 10.1. The van der Waals surface area contributed by atoms with Crippen LogP contribution in [-0.2, 0) is 0 Å². The Hall–Kier alpha value is -2.67. The first-order valence-corrected chi connectivity index (χ1v) is 6.37. The first kappa shape index (κ1) is 13.8. The largest absolute Gasteiger partial charge is 0.321 e. The predicted molar refractivity (Wildman–Crippen MR) is 77.4 cm³/mol. The zero-order valence-electron chi connectivity index (χ0n) is 11.4. The van der Waals surface area contributed by atoms with Crippen molar-refractivity contribution in [1.29, 1.82) is 5.26 Å². The minimum absolute atomic E-state index is 0.282. The van der Waals surface area contributed by atoms with Crippen molar-refractivity contribution < 1.29 is 4.79 Å². The number of pyridine rings is 1. The van der Waals surface area contributed by atoms with Crippen LogP contribution in [0.4, 0.5) is 5.69 Å². The van der Waals surface area contributed by atoms with E-state index in [0.29, 0.717) is 17.2 Å². The standard InChI is InChI=1S/C16H15N3O/c1-11(2)13-4-3-5-14(8-13)19-16(20)15-7-6-12(9-17)10-18-15/h3-8,10-11H,1-2H3,(H,19,20). The van der Waals surface area contributed by atoms with Crippen LogP contribution in [0.2, 0.25) is 0 Å². The van der Waals surface area contributed by atoms with Crippen molar-refractivity contribution >= 4 is 11.6 Å². The second kappa shape index (κ2) is 5.98. The van der Waals surface area contributed by atoms with Gasteiger partial charge in [0.25, 0.3) is 5.91 Å². The number of rotatable bonds is 3. The van der Waals surface area contributed by atoms with Gasteiger partial charge in [-0.05, 0) is 35.7 Å². The van der Waals surface area contributed by atoms with Crippen molar-refractivity contribution in [3.8, 4) is 6.07 Å². The van der Waals surface area contributed by atoms with E-state index in [1.54, 1.807) is 12.1 Å². The van der Waals surface area contributed by atoms with Crippen LogP contribution in [0.15, 0.2) is 42.6 Å². The van der Waals surface area contributed by atoms with Gasteiger partial charge in [-0.2, -0.15) is 5.26 Å². The van der Waals surface area contributed by atoms with Gasteiger partial charge >= 0.3 is 0 Å². The number of nitriles is 1.